The molecule has 9 nitrogen and oxygen atoms in total. The van der Waals surface area contributed by atoms with Gasteiger partial charge in [0.1, 0.15) is 34.2 Å². The third-order valence-corrected chi connectivity index (χ3v) is 4.97. The Kier molecular flexibility index (Phi) is 8.80. The number of fused-ring (bicyclic) bond motifs is 1. The van der Waals surface area contributed by atoms with Crippen LogP contribution < -0.4 is 20.9 Å². The number of methoxy groups -OCH3 is 1. The Labute approximate surface area is 204 Å². The van der Waals surface area contributed by atoms with Crippen molar-refractivity contribution >= 4 is 41.4 Å². The van der Waals surface area contributed by atoms with Crippen molar-refractivity contribution < 1.29 is 19.4 Å². The highest BCUT2D eigenvalue weighted by Crippen LogP contribution is 2.40. The number of anilines is 2. The van der Waals surface area contributed by atoms with Gasteiger partial charge in [-0.15, -0.1) is 17.5 Å². The van der Waals surface area contributed by atoms with Crippen LogP contribution in [0, 0.1) is 0 Å². The monoisotopic (exact) mass is 485 g/mol. The van der Waals surface area contributed by atoms with Gasteiger partial charge in [0.15, 0.2) is 5.82 Å². The van der Waals surface area contributed by atoms with Gasteiger partial charge in [0.2, 0.25) is 0 Å². The highest BCUT2D eigenvalue weighted by Gasteiger charge is 2.30. The minimum absolute atomic E-state index is 0. The molecular formula is C24H28ClN5O4. The molecule has 0 fully saturated rings. The lowest BCUT2D eigenvalue weighted by Crippen LogP contribution is -2.32. The Bertz CT molecular complexity index is 1170. The quantitative estimate of drug-likeness (QED) is 0.409. The maximum atomic E-state index is 11.1. The fourth-order valence-electron chi connectivity index (χ4n) is 3.29. The molecule has 0 spiro atoms. The molecule has 3 aromatic rings. The van der Waals surface area contributed by atoms with E-state index in [0.29, 0.717) is 17.3 Å². The number of carboxylic acid groups (broad SMARTS) is 1. The van der Waals surface area contributed by atoms with E-state index in [1.54, 1.807) is 18.2 Å². The van der Waals surface area contributed by atoms with E-state index in [0.717, 1.165) is 29.8 Å². The number of nitrogens with two attached hydrogens (primary N) is 2. The maximum Gasteiger partial charge on any atom is 0.339 e. The number of benzene rings is 2. The molecule has 5 N–H and O–H groups in total. The van der Waals surface area contributed by atoms with Gasteiger partial charge >= 0.3 is 5.97 Å². The predicted octanol–water partition coefficient (Wildman–Crippen LogP) is 5.58. The molecular weight excluding hydrogens is 458 g/mol. The molecule has 1 aliphatic rings. The molecule has 0 bridgehead atoms. The summed E-state index contributed by atoms with van der Waals surface area (Å²) in [5.41, 5.74) is 13.2. The first-order chi connectivity index (χ1) is 15.7. The van der Waals surface area contributed by atoms with E-state index in [-0.39, 0.29) is 29.4 Å². The number of aromatic carboxylic acids is 1. The van der Waals surface area contributed by atoms with Crippen LogP contribution >= 0.6 is 12.4 Å². The van der Waals surface area contributed by atoms with E-state index in [1.807, 2.05) is 44.2 Å². The van der Waals surface area contributed by atoms with Crippen molar-refractivity contribution in [2.45, 2.75) is 32.3 Å². The number of carbonyl (C=O) groups is 1. The van der Waals surface area contributed by atoms with Crippen LogP contribution in [0.25, 0.3) is 0 Å². The molecule has 2 heterocycles. The first-order valence-corrected chi connectivity index (χ1v) is 10.3. The molecule has 1 aromatic heterocycles. The lowest BCUT2D eigenvalue weighted by Gasteiger charge is -2.33. The first-order valence-electron chi connectivity index (χ1n) is 10.3. The molecule has 1 aliphatic heterocycles. The molecule has 0 atom stereocenters. The Hall–Kier alpha value is -3.85. The van der Waals surface area contributed by atoms with Crippen LogP contribution in [-0.2, 0) is 6.42 Å². The fraction of sp³-hybridized carbons (Fsp3) is 0.250. The summed E-state index contributed by atoms with van der Waals surface area (Å²) >= 11 is 0. The second-order valence-electron chi connectivity index (χ2n) is 7.97. The second kappa shape index (κ2) is 11.3. The normalized spacial score (nSPS) is 13.5. The van der Waals surface area contributed by atoms with Crippen molar-refractivity contribution in [1.29, 1.82) is 0 Å². The van der Waals surface area contributed by atoms with Crippen LogP contribution in [0.5, 0.6) is 11.5 Å². The van der Waals surface area contributed by atoms with E-state index in [2.05, 4.69) is 15.2 Å². The van der Waals surface area contributed by atoms with Gasteiger partial charge in [0.25, 0.3) is 0 Å². The first kappa shape index (κ1) is 26.4. The van der Waals surface area contributed by atoms with E-state index in [9.17, 15) is 4.79 Å². The SMILES string of the molecule is COc1c(C(=O)O)ccc2c1CCC(C)(C)O2.Cl.Nc1ccc(N=Nc2ccccc2)c(N)n1. The predicted molar refractivity (Wildman–Crippen MR) is 134 cm³/mol. The molecule has 0 amide bonds. The number of azo groups is 1. The average Bonchev–Trinajstić information content (AvgIpc) is 2.78. The van der Waals surface area contributed by atoms with Crippen molar-refractivity contribution in [3.8, 4) is 11.5 Å². The van der Waals surface area contributed by atoms with Gasteiger partial charge in [-0.3, -0.25) is 0 Å². The molecule has 2 aromatic carbocycles. The summed E-state index contributed by atoms with van der Waals surface area (Å²) in [6.07, 6.45) is 1.62. The molecule has 0 saturated carbocycles. The third kappa shape index (κ3) is 6.58. The number of rotatable bonds is 4. The number of nitrogen functional groups attached to an aromatic ring is 2. The average molecular weight is 486 g/mol. The van der Waals surface area contributed by atoms with E-state index in [4.69, 9.17) is 26.0 Å². The van der Waals surface area contributed by atoms with Crippen LogP contribution in [0.15, 0.2) is 64.8 Å². The van der Waals surface area contributed by atoms with Crippen molar-refractivity contribution in [2.24, 2.45) is 10.2 Å². The molecule has 10 heteroatoms. The minimum atomic E-state index is -0.977. The molecule has 180 valence electrons. The maximum absolute atomic E-state index is 11.1. The number of carboxylic acids is 1. The van der Waals surface area contributed by atoms with Gasteiger partial charge in [-0.2, -0.15) is 5.11 Å². The standard InChI is InChI=1S/C13H16O4.C11H11N5.ClH/c1-13(2)7-6-8-10(17-13)5-4-9(12(14)15)11(8)16-3;12-10-7-6-9(11(13)14-10)16-15-8-4-2-1-3-5-8;/h4-5H,6-7H2,1-3H3,(H,14,15);1-7H,(H4,12,13,14);1H. The number of hydrogen-bond acceptors (Lipinski definition) is 8. The third-order valence-electron chi connectivity index (χ3n) is 4.97. The number of aromatic nitrogens is 1. The summed E-state index contributed by atoms with van der Waals surface area (Å²) in [4.78, 5) is 15.0. The number of nitrogens with zero attached hydrogens (tertiary/aromatic N) is 3. The smallest absolute Gasteiger partial charge is 0.339 e. The summed E-state index contributed by atoms with van der Waals surface area (Å²) in [7, 11) is 1.49. The Balaban J connectivity index is 0.000000234. The zero-order valence-electron chi connectivity index (χ0n) is 19.2. The van der Waals surface area contributed by atoms with Crippen LogP contribution in [0.4, 0.5) is 23.0 Å². The van der Waals surface area contributed by atoms with Crippen molar-refractivity contribution in [3.05, 3.63) is 65.7 Å². The molecule has 0 saturated heterocycles. The Morgan fingerprint density at radius 1 is 1.09 bits per heavy atom. The summed E-state index contributed by atoms with van der Waals surface area (Å²) in [6.45, 7) is 4.04. The van der Waals surface area contributed by atoms with Crippen LogP contribution in [0.3, 0.4) is 0 Å². The van der Waals surface area contributed by atoms with Gasteiger partial charge in [-0.05, 0) is 63.1 Å². The fourth-order valence-corrected chi connectivity index (χ4v) is 3.29. The Morgan fingerprint density at radius 3 is 2.41 bits per heavy atom. The van der Waals surface area contributed by atoms with E-state index >= 15 is 0 Å². The van der Waals surface area contributed by atoms with E-state index in [1.165, 1.54) is 13.2 Å². The highest BCUT2D eigenvalue weighted by atomic mass is 35.5. The summed E-state index contributed by atoms with van der Waals surface area (Å²) in [5.74, 6) is 0.818. The molecule has 34 heavy (non-hydrogen) atoms. The minimum Gasteiger partial charge on any atom is -0.495 e. The number of hydrogen-bond donors (Lipinski definition) is 3. The van der Waals surface area contributed by atoms with Gasteiger partial charge in [-0.1, -0.05) is 18.2 Å². The van der Waals surface area contributed by atoms with Crippen molar-refractivity contribution in [3.63, 3.8) is 0 Å². The van der Waals surface area contributed by atoms with E-state index < -0.39 is 5.97 Å². The number of pyridine rings is 1. The Morgan fingerprint density at radius 2 is 1.79 bits per heavy atom. The van der Waals surface area contributed by atoms with Gasteiger partial charge in [0.05, 0.1) is 12.8 Å². The zero-order chi connectivity index (χ0) is 24.0. The molecule has 0 aliphatic carbocycles. The topological polar surface area (TPSA) is 145 Å². The highest BCUT2D eigenvalue weighted by molar-refractivity contribution is 5.92. The van der Waals surface area contributed by atoms with Crippen LogP contribution in [0.2, 0.25) is 0 Å². The lowest BCUT2D eigenvalue weighted by molar-refractivity contribution is 0.0690. The summed E-state index contributed by atoms with van der Waals surface area (Å²) in [6, 6.07) is 16.0. The van der Waals surface area contributed by atoms with Gasteiger partial charge < -0.3 is 26.0 Å². The molecule has 4 rings (SSSR count). The zero-order valence-corrected chi connectivity index (χ0v) is 20.0. The molecule has 0 unspecified atom stereocenters. The summed E-state index contributed by atoms with van der Waals surface area (Å²) < 4.78 is 11.0. The second-order valence-corrected chi connectivity index (χ2v) is 7.97. The lowest BCUT2D eigenvalue weighted by atomic mass is 9.92. The van der Waals surface area contributed by atoms with Gasteiger partial charge in [-0.25, -0.2) is 9.78 Å². The largest absolute Gasteiger partial charge is 0.495 e. The number of halogens is 1. The van der Waals surface area contributed by atoms with Gasteiger partial charge in [0, 0.05) is 5.56 Å². The summed E-state index contributed by atoms with van der Waals surface area (Å²) in [5, 5.41) is 17.1. The van der Waals surface area contributed by atoms with Crippen molar-refractivity contribution in [2.75, 3.05) is 18.6 Å². The molecule has 0 radical (unpaired) electrons. The number of ether oxygens (including phenoxy) is 2. The van der Waals surface area contributed by atoms with Crippen LogP contribution in [0.1, 0.15) is 36.2 Å². The van der Waals surface area contributed by atoms with Crippen molar-refractivity contribution in [1.82, 2.24) is 4.98 Å². The van der Waals surface area contributed by atoms with Crippen LogP contribution in [-0.4, -0.2) is 28.8 Å².